The topological polar surface area (TPSA) is 0 Å². The third kappa shape index (κ3) is 19.4. The average Bonchev–Trinajstić information content (AvgIpc) is 2.35. The molecule has 18 heavy (non-hydrogen) atoms. The number of hydrogen-bond acceptors (Lipinski definition) is 0. The Morgan fingerprint density at radius 3 is 1.06 bits per heavy atom. The highest BCUT2D eigenvalue weighted by atomic mass is 35.5. The van der Waals surface area contributed by atoms with Gasteiger partial charge in [-0.15, -0.1) is 11.6 Å². The zero-order chi connectivity index (χ0) is 12.6. The van der Waals surface area contributed by atoms with Crippen molar-refractivity contribution in [2.75, 3.05) is 5.88 Å². The molecule has 0 aliphatic carbocycles. The van der Waals surface area contributed by atoms with Crippen LogP contribution in [-0.2, 0) is 0 Å². The first-order chi connectivity index (χ1) is 8.41. The number of alkyl halides is 1. The van der Waals surface area contributed by atoms with E-state index in [1.165, 1.54) is 89.9 Å². The first-order valence-corrected chi connectivity index (χ1v) is 8.51. The second kappa shape index (κ2) is 20.4. The molecule has 0 spiro atoms. The van der Waals surface area contributed by atoms with Crippen LogP contribution < -0.4 is 0 Å². The molecule has 0 aliphatic heterocycles. The number of halogens is 1. The van der Waals surface area contributed by atoms with Gasteiger partial charge in [-0.25, -0.2) is 0 Å². The van der Waals surface area contributed by atoms with Gasteiger partial charge >= 0.3 is 23.1 Å². The molecule has 0 aromatic heterocycles. The van der Waals surface area contributed by atoms with Crippen molar-refractivity contribution in [2.24, 2.45) is 0 Å². The molecule has 0 aliphatic rings. The Balaban J connectivity index is 0. The van der Waals surface area contributed by atoms with Gasteiger partial charge in [0, 0.05) is 5.88 Å². The van der Waals surface area contributed by atoms with E-state index in [1.54, 1.807) is 0 Å². The molecule has 0 saturated carbocycles. The maximum absolute atomic E-state index is 5.64. The van der Waals surface area contributed by atoms with Crippen molar-refractivity contribution in [1.82, 2.24) is 0 Å². The van der Waals surface area contributed by atoms with E-state index in [-0.39, 0.29) is 23.1 Å². The lowest BCUT2D eigenvalue weighted by atomic mass is 10.0. The van der Waals surface area contributed by atoms with E-state index >= 15 is 0 Å². The summed E-state index contributed by atoms with van der Waals surface area (Å²) >= 11 is 5.64. The SMILES string of the molecule is CCCCCCCCCCCCCCCCCl.[MgH2]. The van der Waals surface area contributed by atoms with E-state index in [1.807, 2.05) is 0 Å². The number of unbranched alkanes of at least 4 members (excludes halogenated alkanes) is 13. The summed E-state index contributed by atoms with van der Waals surface area (Å²) in [7, 11) is 0. The quantitative estimate of drug-likeness (QED) is 0.215. The van der Waals surface area contributed by atoms with Gasteiger partial charge in [-0.05, 0) is 6.42 Å². The van der Waals surface area contributed by atoms with Gasteiger partial charge in [0.15, 0.2) is 0 Å². The van der Waals surface area contributed by atoms with Gasteiger partial charge in [-0.3, -0.25) is 0 Å². The molecule has 0 amide bonds. The van der Waals surface area contributed by atoms with Gasteiger partial charge in [0.25, 0.3) is 0 Å². The van der Waals surface area contributed by atoms with Crippen LogP contribution in [0.15, 0.2) is 0 Å². The van der Waals surface area contributed by atoms with Crippen LogP contribution in [0.25, 0.3) is 0 Å². The highest BCUT2D eigenvalue weighted by Crippen LogP contribution is 2.12. The van der Waals surface area contributed by atoms with Crippen LogP contribution in [0, 0.1) is 0 Å². The Morgan fingerprint density at radius 1 is 0.500 bits per heavy atom. The van der Waals surface area contributed by atoms with Crippen molar-refractivity contribution < 1.29 is 0 Å². The normalized spacial score (nSPS) is 10.3. The Morgan fingerprint density at radius 2 is 0.778 bits per heavy atom. The first-order valence-electron chi connectivity index (χ1n) is 7.97. The molecule has 0 aromatic carbocycles. The minimum atomic E-state index is 0. The number of hydrogen-bond donors (Lipinski definition) is 0. The molecule has 0 N–H and O–H groups in total. The maximum Gasteiger partial charge on any atom is 0.316 e. The molecule has 0 heterocycles. The fraction of sp³-hybridized carbons (Fsp3) is 1.00. The van der Waals surface area contributed by atoms with E-state index in [9.17, 15) is 0 Å². The van der Waals surface area contributed by atoms with Crippen molar-refractivity contribution in [3.8, 4) is 0 Å². The Bertz CT molecular complexity index is 114. The van der Waals surface area contributed by atoms with Crippen LogP contribution in [0.2, 0.25) is 0 Å². The molecule has 0 unspecified atom stereocenters. The van der Waals surface area contributed by atoms with Crippen molar-refractivity contribution >= 4 is 34.7 Å². The summed E-state index contributed by atoms with van der Waals surface area (Å²) in [6, 6.07) is 0. The van der Waals surface area contributed by atoms with E-state index in [0.29, 0.717) is 0 Å². The Kier molecular flexibility index (Phi) is 24.2. The lowest BCUT2D eigenvalue weighted by molar-refractivity contribution is 0.538. The van der Waals surface area contributed by atoms with E-state index in [2.05, 4.69) is 6.92 Å². The highest BCUT2D eigenvalue weighted by molar-refractivity contribution is 6.17. The van der Waals surface area contributed by atoms with E-state index < -0.39 is 0 Å². The molecule has 0 bridgehead atoms. The molecule has 0 fully saturated rings. The van der Waals surface area contributed by atoms with Crippen LogP contribution >= 0.6 is 11.6 Å². The van der Waals surface area contributed by atoms with Crippen LogP contribution in [0.1, 0.15) is 96.8 Å². The molecule has 108 valence electrons. The third-order valence-corrected chi connectivity index (χ3v) is 3.75. The molecular weight excluding hydrogens is 252 g/mol. The van der Waals surface area contributed by atoms with Crippen molar-refractivity contribution in [2.45, 2.75) is 96.8 Å². The molecular formula is C16H35ClMg. The first kappa shape index (κ1) is 21.4. The van der Waals surface area contributed by atoms with Gasteiger partial charge in [-0.1, -0.05) is 90.4 Å². The Labute approximate surface area is 137 Å². The fourth-order valence-corrected chi connectivity index (χ4v) is 2.48. The second-order valence-corrected chi connectivity index (χ2v) is 5.66. The van der Waals surface area contributed by atoms with Crippen LogP contribution in [0.3, 0.4) is 0 Å². The van der Waals surface area contributed by atoms with Gasteiger partial charge in [0.2, 0.25) is 0 Å². The van der Waals surface area contributed by atoms with Crippen molar-refractivity contribution in [3.05, 3.63) is 0 Å². The lowest BCUT2D eigenvalue weighted by Gasteiger charge is -2.02. The monoisotopic (exact) mass is 286 g/mol. The largest absolute Gasteiger partial charge is 0.316 e. The van der Waals surface area contributed by atoms with Crippen LogP contribution in [0.5, 0.6) is 0 Å². The summed E-state index contributed by atoms with van der Waals surface area (Å²) in [6.45, 7) is 2.28. The zero-order valence-electron chi connectivity index (χ0n) is 12.0. The summed E-state index contributed by atoms with van der Waals surface area (Å²) in [4.78, 5) is 0. The summed E-state index contributed by atoms with van der Waals surface area (Å²) < 4.78 is 0. The smallest absolute Gasteiger partial charge is 0.127 e. The van der Waals surface area contributed by atoms with Gasteiger partial charge in [0.05, 0.1) is 0 Å². The highest BCUT2D eigenvalue weighted by Gasteiger charge is 1.93. The van der Waals surface area contributed by atoms with E-state index in [4.69, 9.17) is 11.6 Å². The molecule has 0 nitrogen and oxygen atoms in total. The second-order valence-electron chi connectivity index (χ2n) is 5.29. The summed E-state index contributed by atoms with van der Waals surface area (Å²) in [6.07, 6.45) is 19.8. The fourth-order valence-electron chi connectivity index (χ4n) is 2.29. The molecule has 0 rings (SSSR count). The summed E-state index contributed by atoms with van der Waals surface area (Å²) in [5.74, 6) is 0.845. The maximum atomic E-state index is 5.64. The predicted molar refractivity (Wildman–Crippen MR) is 89.6 cm³/mol. The standard InChI is InChI=1S/C16H33Cl.Mg.2H/c1-2-3-4-5-6-7-8-9-10-11-12-13-14-15-16-17;;;/h2-16H2,1H3;;;. The minimum absolute atomic E-state index is 0. The van der Waals surface area contributed by atoms with Crippen LogP contribution in [-0.4, -0.2) is 28.9 Å². The van der Waals surface area contributed by atoms with Crippen LogP contribution in [0.4, 0.5) is 0 Å². The van der Waals surface area contributed by atoms with Gasteiger partial charge in [-0.2, -0.15) is 0 Å². The number of rotatable bonds is 14. The van der Waals surface area contributed by atoms with Crippen molar-refractivity contribution in [1.29, 1.82) is 0 Å². The zero-order valence-corrected chi connectivity index (χ0v) is 12.7. The molecule has 2 heteroatoms. The summed E-state index contributed by atoms with van der Waals surface area (Å²) in [5.41, 5.74) is 0. The molecule has 0 atom stereocenters. The molecule has 0 saturated heterocycles. The van der Waals surface area contributed by atoms with Gasteiger partial charge < -0.3 is 0 Å². The molecule has 0 aromatic rings. The summed E-state index contributed by atoms with van der Waals surface area (Å²) in [5, 5.41) is 0. The molecule has 0 radical (unpaired) electrons. The third-order valence-electron chi connectivity index (χ3n) is 3.49. The lowest BCUT2D eigenvalue weighted by Crippen LogP contribution is -1.83. The van der Waals surface area contributed by atoms with Gasteiger partial charge in [0.1, 0.15) is 0 Å². The van der Waals surface area contributed by atoms with E-state index in [0.717, 1.165) is 5.88 Å². The predicted octanol–water partition coefficient (Wildman–Crippen LogP) is 5.79. The Hall–Kier alpha value is 1.06. The minimum Gasteiger partial charge on any atom is -0.127 e. The average molecular weight is 287 g/mol. The van der Waals surface area contributed by atoms with Crippen molar-refractivity contribution in [3.63, 3.8) is 0 Å².